The second kappa shape index (κ2) is 8.13. The van der Waals surface area contributed by atoms with Crippen molar-refractivity contribution in [3.05, 3.63) is 18.0 Å². The van der Waals surface area contributed by atoms with Gasteiger partial charge in [0.2, 0.25) is 10.0 Å². The molecule has 0 aliphatic carbocycles. The maximum atomic E-state index is 12.8. The lowest BCUT2D eigenvalue weighted by atomic mass is 10.0. The minimum atomic E-state index is -3.54. The summed E-state index contributed by atoms with van der Waals surface area (Å²) in [7, 11) is 0.0168. The summed E-state index contributed by atoms with van der Waals surface area (Å²) in [5.41, 5.74) is 0.364. The molecule has 0 aromatic carbocycles. The Morgan fingerprint density at radius 1 is 1.38 bits per heavy atom. The third-order valence-corrected chi connectivity index (χ3v) is 6.19. The highest BCUT2D eigenvalue weighted by atomic mass is 32.2. The molecular weight excluding hydrogens is 328 g/mol. The lowest BCUT2D eigenvalue weighted by Crippen LogP contribution is -2.38. The van der Waals surface area contributed by atoms with E-state index in [9.17, 15) is 13.2 Å². The van der Waals surface area contributed by atoms with Gasteiger partial charge in [0.25, 0.3) is 5.91 Å². The van der Waals surface area contributed by atoms with Crippen LogP contribution in [-0.2, 0) is 17.1 Å². The molecule has 1 unspecified atom stereocenters. The zero-order valence-electron chi connectivity index (χ0n) is 14.7. The van der Waals surface area contributed by atoms with Gasteiger partial charge in [-0.1, -0.05) is 6.92 Å². The van der Waals surface area contributed by atoms with Crippen LogP contribution in [0.5, 0.6) is 0 Å². The number of piperidine rings is 1. The van der Waals surface area contributed by atoms with E-state index in [1.54, 1.807) is 11.6 Å². The molecule has 0 saturated carbocycles. The van der Waals surface area contributed by atoms with Gasteiger partial charge in [0.1, 0.15) is 10.6 Å². The average molecular weight is 356 g/mol. The highest BCUT2D eigenvalue weighted by molar-refractivity contribution is 7.89. The Morgan fingerprint density at radius 3 is 2.79 bits per heavy atom. The van der Waals surface area contributed by atoms with E-state index in [1.807, 2.05) is 7.05 Å². The van der Waals surface area contributed by atoms with Gasteiger partial charge in [0.15, 0.2) is 0 Å². The molecule has 1 fully saturated rings. The molecule has 24 heavy (non-hydrogen) atoms. The van der Waals surface area contributed by atoms with E-state index in [2.05, 4.69) is 17.6 Å². The molecule has 1 aromatic rings. The first-order valence-electron chi connectivity index (χ1n) is 8.45. The fraction of sp³-hybridized carbons (Fsp3) is 0.688. The van der Waals surface area contributed by atoms with Crippen molar-refractivity contribution in [2.75, 3.05) is 33.2 Å². The smallest absolute Gasteiger partial charge is 0.267 e. The second-order valence-electron chi connectivity index (χ2n) is 6.50. The van der Waals surface area contributed by atoms with Crippen molar-refractivity contribution in [2.24, 2.45) is 13.0 Å². The molecule has 1 aliphatic rings. The maximum absolute atomic E-state index is 12.8. The zero-order valence-corrected chi connectivity index (χ0v) is 15.5. The summed E-state index contributed by atoms with van der Waals surface area (Å²) in [6, 6.07) is 1.47. The molecule has 1 aliphatic heterocycles. The predicted molar refractivity (Wildman–Crippen MR) is 93.4 cm³/mol. The highest BCUT2D eigenvalue weighted by Crippen LogP contribution is 2.24. The topological polar surface area (TPSA) is 83.4 Å². The van der Waals surface area contributed by atoms with Crippen molar-refractivity contribution >= 4 is 15.9 Å². The molecule has 1 atom stereocenters. The van der Waals surface area contributed by atoms with Crippen molar-refractivity contribution in [1.29, 1.82) is 0 Å². The Bertz CT molecular complexity index is 669. The third kappa shape index (κ3) is 4.37. The van der Waals surface area contributed by atoms with Crippen LogP contribution in [-0.4, -0.2) is 56.4 Å². The van der Waals surface area contributed by atoms with E-state index in [1.165, 1.54) is 16.6 Å². The normalized spacial score (nSPS) is 19.4. The molecular formula is C16H28N4O3S. The maximum Gasteiger partial charge on any atom is 0.267 e. The number of carbonyl (C=O) groups excluding carboxylic acids is 1. The second-order valence-corrected chi connectivity index (χ2v) is 8.43. The minimum absolute atomic E-state index is 0.194. The molecule has 0 bridgehead atoms. The molecule has 0 spiro atoms. The van der Waals surface area contributed by atoms with Gasteiger partial charge < -0.3 is 15.2 Å². The lowest BCUT2D eigenvalue weighted by molar-refractivity contribution is 0.0945. The van der Waals surface area contributed by atoms with E-state index in [4.69, 9.17) is 0 Å². The van der Waals surface area contributed by atoms with Crippen LogP contribution in [0.25, 0.3) is 0 Å². The number of nitrogens with zero attached hydrogens (tertiary/aromatic N) is 2. The van der Waals surface area contributed by atoms with E-state index in [0.29, 0.717) is 31.2 Å². The van der Waals surface area contributed by atoms with Gasteiger partial charge in [-0.15, -0.1) is 0 Å². The fourth-order valence-electron chi connectivity index (χ4n) is 2.97. The highest BCUT2D eigenvalue weighted by Gasteiger charge is 2.30. The molecule has 7 nitrogen and oxygen atoms in total. The summed E-state index contributed by atoms with van der Waals surface area (Å²) >= 11 is 0. The van der Waals surface area contributed by atoms with Crippen molar-refractivity contribution in [2.45, 2.75) is 31.1 Å². The van der Waals surface area contributed by atoms with E-state index in [-0.39, 0.29) is 10.8 Å². The molecule has 136 valence electrons. The summed E-state index contributed by atoms with van der Waals surface area (Å²) in [5.74, 6) is 0.120. The van der Waals surface area contributed by atoms with E-state index < -0.39 is 10.0 Å². The van der Waals surface area contributed by atoms with Gasteiger partial charge in [-0.05, 0) is 44.8 Å². The minimum Gasteiger partial charge on any atom is -0.351 e. The van der Waals surface area contributed by atoms with Crippen LogP contribution in [0, 0.1) is 5.92 Å². The summed E-state index contributed by atoms with van der Waals surface area (Å²) in [6.45, 7) is 4.53. The Morgan fingerprint density at radius 2 is 2.12 bits per heavy atom. The Balaban J connectivity index is 2.10. The van der Waals surface area contributed by atoms with Crippen LogP contribution >= 0.6 is 0 Å². The van der Waals surface area contributed by atoms with Crippen molar-refractivity contribution < 1.29 is 13.2 Å². The molecule has 2 N–H and O–H groups in total. The van der Waals surface area contributed by atoms with Gasteiger partial charge in [0, 0.05) is 32.9 Å². The van der Waals surface area contributed by atoms with Crippen molar-refractivity contribution in [1.82, 2.24) is 19.5 Å². The fourth-order valence-corrected chi connectivity index (χ4v) is 4.64. The summed E-state index contributed by atoms with van der Waals surface area (Å²) in [4.78, 5) is 12.4. The van der Waals surface area contributed by atoms with Crippen molar-refractivity contribution in [3.8, 4) is 0 Å². The SMILES string of the molecule is CNCCCNC(=O)c1cc(S(=O)(=O)N2CCCC(C)C2)cn1C. The molecule has 2 heterocycles. The molecule has 1 amide bonds. The van der Waals surface area contributed by atoms with Gasteiger partial charge in [-0.2, -0.15) is 4.31 Å². The molecule has 8 heteroatoms. The Hall–Kier alpha value is -1.38. The third-order valence-electron chi connectivity index (χ3n) is 4.36. The number of aromatic nitrogens is 1. The molecule has 1 aromatic heterocycles. The number of nitrogens with one attached hydrogen (secondary N) is 2. The number of hydrogen-bond acceptors (Lipinski definition) is 4. The van der Waals surface area contributed by atoms with E-state index in [0.717, 1.165) is 25.8 Å². The summed E-state index contributed by atoms with van der Waals surface area (Å²) in [5, 5.41) is 5.83. The Labute approximate surface area is 144 Å². The number of sulfonamides is 1. The van der Waals surface area contributed by atoms with Crippen LogP contribution in [0.4, 0.5) is 0 Å². The lowest BCUT2D eigenvalue weighted by Gasteiger charge is -2.29. The molecule has 1 saturated heterocycles. The first-order valence-corrected chi connectivity index (χ1v) is 9.89. The van der Waals surface area contributed by atoms with Crippen LogP contribution in [0.1, 0.15) is 36.7 Å². The molecule has 0 radical (unpaired) electrons. The largest absolute Gasteiger partial charge is 0.351 e. The average Bonchev–Trinajstić information content (AvgIpc) is 2.94. The van der Waals surface area contributed by atoms with Gasteiger partial charge in [0.05, 0.1) is 0 Å². The first kappa shape index (κ1) is 19.0. The predicted octanol–water partition coefficient (Wildman–Crippen LogP) is 0.785. The number of rotatable bonds is 7. The number of carbonyl (C=O) groups is 1. The number of hydrogen-bond donors (Lipinski definition) is 2. The number of amides is 1. The summed E-state index contributed by atoms with van der Waals surface area (Å²) < 4.78 is 28.7. The Kier molecular flexibility index (Phi) is 6.42. The van der Waals surface area contributed by atoms with Gasteiger partial charge >= 0.3 is 0 Å². The van der Waals surface area contributed by atoms with Crippen LogP contribution < -0.4 is 10.6 Å². The number of aryl methyl sites for hydroxylation is 1. The van der Waals surface area contributed by atoms with Crippen molar-refractivity contribution in [3.63, 3.8) is 0 Å². The van der Waals surface area contributed by atoms with E-state index >= 15 is 0 Å². The quantitative estimate of drug-likeness (QED) is 0.708. The molecule has 2 rings (SSSR count). The van der Waals surface area contributed by atoms with Gasteiger partial charge in [-0.25, -0.2) is 8.42 Å². The standard InChI is InChI=1S/C16H28N4O3S/c1-13-6-4-9-20(11-13)24(22,23)14-10-15(19(3)12-14)16(21)18-8-5-7-17-2/h10,12-13,17H,4-9,11H2,1-3H3,(H,18,21). The van der Waals surface area contributed by atoms with Crippen LogP contribution in [0.2, 0.25) is 0 Å². The zero-order chi connectivity index (χ0) is 17.7. The van der Waals surface area contributed by atoms with Crippen LogP contribution in [0.3, 0.4) is 0 Å². The van der Waals surface area contributed by atoms with Crippen LogP contribution in [0.15, 0.2) is 17.2 Å². The first-order chi connectivity index (χ1) is 11.4. The summed E-state index contributed by atoms with van der Waals surface area (Å²) in [6.07, 6.45) is 4.29. The van der Waals surface area contributed by atoms with Gasteiger partial charge in [-0.3, -0.25) is 4.79 Å². The monoisotopic (exact) mass is 356 g/mol.